The van der Waals surface area contributed by atoms with Gasteiger partial charge in [-0.1, -0.05) is 45.2 Å². The number of amides is 4. The zero-order chi connectivity index (χ0) is 27.2. The summed E-state index contributed by atoms with van der Waals surface area (Å²) in [4.78, 5) is 39.1. The second kappa shape index (κ2) is 12.1. The van der Waals surface area contributed by atoms with Crippen LogP contribution in [0.3, 0.4) is 0 Å². The molecule has 3 aromatic rings. The zero-order valence-corrected chi connectivity index (χ0v) is 23.0. The van der Waals surface area contributed by atoms with Crippen molar-refractivity contribution in [2.24, 2.45) is 0 Å². The van der Waals surface area contributed by atoms with Gasteiger partial charge < -0.3 is 14.2 Å². The number of nitrogens with zero attached hydrogens (tertiary/aromatic N) is 1. The number of urea groups is 1. The van der Waals surface area contributed by atoms with Crippen LogP contribution in [0.4, 0.5) is 10.5 Å². The van der Waals surface area contributed by atoms with Crippen LogP contribution in [0.25, 0.3) is 6.08 Å². The first kappa shape index (κ1) is 27.2. The number of hydrogen-bond donors (Lipinski definition) is 1. The lowest BCUT2D eigenvalue weighted by Crippen LogP contribution is -2.54. The Kier molecular flexibility index (Phi) is 8.70. The highest BCUT2D eigenvalue weighted by atomic mass is 79.9. The molecule has 3 aromatic carbocycles. The smallest absolute Gasteiger partial charge is 0.335 e. The standard InChI is InChI=1S/C28H24BrClN2O6/c1-3-36-24-16-18(15-23(30)25(24)38-13-12-37-21-10-4-17(2)5-11-21)14-22-26(33)31-28(35)32(27(22)34)20-8-6-19(29)7-9-20/h4-11,14-16H,3,12-13H2,1-2H3,(H,31,33,35). The van der Waals surface area contributed by atoms with Gasteiger partial charge in [0.2, 0.25) is 0 Å². The van der Waals surface area contributed by atoms with E-state index in [1.54, 1.807) is 36.4 Å². The number of aryl methyl sites for hydroxylation is 1. The molecular formula is C28H24BrClN2O6. The van der Waals surface area contributed by atoms with Gasteiger partial charge in [0, 0.05) is 4.47 Å². The molecule has 1 N–H and O–H groups in total. The van der Waals surface area contributed by atoms with Crippen molar-refractivity contribution in [3.05, 3.63) is 86.9 Å². The quantitative estimate of drug-likeness (QED) is 0.186. The number of benzene rings is 3. The van der Waals surface area contributed by atoms with Crippen LogP contribution in [0.2, 0.25) is 5.02 Å². The molecule has 0 aliphatic carbocycles. The summed E-state index contributed by atoms with van der Waals surface area (Å²) < 4.78 is 18.0. The third-order valence-electron chi connectivity index (χ3n) is 5.45. The van der Waals surface area contributed by atoms with Crippen molar-refractivity contribution in [3.63, 3.8) is 0 Å². The molecule has 196 valence electrons. The maximum atomic E-state index is 13.2. The number of imide groups is 2. The molecule has 0 saturated carbocycles. The van der Waals surface area contributed by atoms with Gasteiger partial charge in [0.1, 0.15) is 24.5 Å². The van der Waals surface area contributed by atoms with E-state index >= 15 is 0 Å². The fraction of sp³-hybridized carbons (Fsp3) is 0.179. The predicted molar refractivity (Wildman–Crippen MR) is 148 cm³/mol. The molecule has 1 aliphatic heterocycles. The Labute approximate surface area is 233 Å². The van der Waals surface area contributed by atoms with E-state index in [-0.39, 0.29) is 23.8 Å². The molecule has 0 bridgehead atoms. The topological polar surface area (TPSA) is 94.2 Å². The lowest BCUT2D eigenvalue weighted by atomic mass is 10.1. The Bertz CT molecular complexity index is 1390. The molecule has 8 nitrogen and oxygen atoms in total. The number of carbonyl (C=O) groups excluding carboxylic acids is 3. The van der Waals surface area contributed by atoms with Crippen LogP contribution in [-0.4, -0.2) is 37.7 Å². The van der Waals surface area contributed by atoms with Crippen molar-refractivity contribution in [1.29, 1.82) is 0 Å². The number of hydrogen-bond acceptors (Lipinski definition) is 6. The Morgan fingerprint density at radius 2 is 1.63 bits per heavy atom. The summed E-state index contributed by atoms with van der Waals surface area (Å²) in [6.07, 6.45) is 1.36. The van der Waals surface area contributed by atoms with E-state index in [0.29, 0.717) is 29.4 Å². The molecule has 0 aromatic heterocycles. The van der Waals surface area contributed by atoms with E-state index in [9.17, 15) is 14.4 Å². The summed E-state index contributed by atoms with van der Waals surface area (Å²) in [5, 5.41) is 2.43. The zero-order valence-electron chi connectivity index (χ0n) is 20.6. The number of barbiturate groups is 1. The molecular weight excluding hydrogens is 576 g/mol. The minimum absolute atomic E-state index is 0.208. The van der Waals surface area contributed by atoms with Crippen molar-refractivity contribution >= 4 is 57.1 Å². The molecule has 0 unspecified atom stereocenters. The van der Waals surface area contributed by atoms with Crippen LogP contribution in [0.15, 0.2) is 70.7 Å². The van der Waals surface area contributed by atoms with Gasteiger partial charge in [-0.15, -0.1) is 0 Å². The monoisotopic (exact) mass is 598 g/mol. The third-order valence-corrected chi connectivity index (χ3v) is 6.26. The van der Waals surface area contributed by atoms with Gasteiger partial charge in [0.05, 0.1) is 17.3 Å². The van der Waals surface area contributed by atoms with Crippen LogP contribution in [0.5, 0.6) is 17.2 Å². The van der Waals surface area contributed by atoms with Gasteiger partial charge in [0.15, 0.2) is 11.5 Å². The molecule has 1 heterocycles. The van der Waals surface area contributed by atoms with Crippen molar-refractivity contribution in [1.82, 2.24) is 5.32 Å². The fourth-order valence-corrected chi connectivity index (χ4v) is 4.20. The molecule has 38 heavy (non-hydrogen) atoms. The Hall–Kier alpha value is -3.82. The first-order valence-corrected chi connectivity index (χ1v) is 12.9. The molecule has 10 heteroatoms. The third kappa shape index (κ3) is 6.35. The maximum absolute atomic E-state index is 13.2. The molecule has 1 aliphatic rings. The lowest BCUT2D eigenvalue weighted by molar-refractivity contribution is -0.122. The van der Waals surface area contributed by atoms with Crippen LogP contribution in [0.1, 0.15) is 18.1 Å². The molecule has 4 rings (SSSR count). The highest BCUT2D eigenvalue weighted by molar-refractivity contribution is 9.10. The van der Waals surface area contributed by atoms with Gasteiger partial charge in [-0.05, 0) is 74.0 Å². The molecule has 0 atom stereocenters. The molecule has 1 saturated heterocycles. The highest BCUT2D eigenvalue weighted by Gasteiger charge is 2.36. The summed E-state index contributed by atoms with van der Waals surface area (Å²) >= 11 is 9.83. The van der Waals surface area contributed by atoms with E-state index in [0.717, 1.165) is 20.7 Å². The van der Waals surface area contributed by atoms with Crippen molar-refractivity contribution in [3.8, 4) is 17.2 Å². The number of ether oxygens (including phenoxy) is 3. The second-order valence-corrected chi connectivity index (χ2v) is 9.53. The molecule has 4 amide bonds. The van der Waals surface area contributed by atoms with Crippen LogP contribution < -0.4 is 24.4 Å². The number of halogens is 2. The number of anilines is 1. The van der Waals surface area contributed by atoms with E-state index in [2.05, 4.69) is 21.2 Å². The van der Waals surface area contributed by atoms with E-state index in [1.807, 2.05) is 38.1 Å². The van der Waals surface area contributed by atoms with E-state index in [1.165, 1.54) is 6.08 Å². The van der Waals surface area contributed by atoms with E-state index < -0.39 is 17.8 Å². The number of carbonyl (C=O) groups is 3. The van der Waals surface area contributed by atoms with Gasteiger partial charge in [-0.2, -0.15) is 0 Å². The highest BCUT2D eigenvalue weighted by Crippen LogP contribution is 2.37. The van der Waals surface area contributed by atoms with Gasteiger partial charge in [0.25, 0.3) is 11.8 Å². The number of nitrogens with one attached hydrogen (secondary N) is 1. The van der Waals surface area contributed by atoms with Crippen molar-refractivity contribution < 1.29 is 28.6 Å². The fourth-order valence-electron chi connectivity index (χ4n) is 3.66. The molecule has 1 fully saturated rings. The van der Waals surface area contributed by atoms with Crippen LogP contribution >= 0.6 is 27.5 Å². The maximum Gasteiger partial charge on any atom is 0.335 e. The van der Waals surface area contributed by atoms with Crippen LogP contribution in [0, 0.1) is 6.92 Å². The van der Waals surface area contributed by atoms with Gasteiger partial charge >= 0.3 is 6.03 Å². The van der Waals surface area contributed by atoms with Gasteiger partial charge in [-0.25, -0.2) is 9.69 Å². The van der Waals surface area contributed by atoms with E-state index in [4.69, 9.17) is 25.8 Å². The average molecular weight is 600 g/mol. The van der Waals surface area contributed by atoms with Gasteiger partial charge in [-0.3, -0.25) is 14.9 Å². The SMILES string of the molecule is CCOc1cc(C=C2C(=O)NC(=O)N(c3ccc(Br)cc3)C2=O)cc(Cl)c1OCCOc1ccc(C)cc1. The number of rotatable bonds is 9. The first-order chi connectivity index (χ1) is 18.3. The lowest BCUT2D eigenvalue weighted by Gasteiger charge is -2.26. The first-order valence-electron chi connectivity index (χ1n) is 11.7. The summed E-state index contributed by atoms with van der Waals surface area (Å²) in [5.74, 6) is -0.191. The Balaban J connectivity index is 1.54. The predicted octanol–water partition coefficient (Wildman–Crippen LogP) is 5.93. The molecule has 0 spiro atoms. The normalized spacial score (nSPS) is 14.5. The minimum Gasteiger partial charge on any atom is -0.490 e. The summed E-state index contributed by atoms with van der Waals surface area (Å²) in [6, 6.07) is 16.6. The Morgan fingerprint density at radius 3 is 2.32 bits per heavy atom. The second-order valence-electron chi connectivity index (χ2n) is 8.21. The minimum atomic E-state index is -0.830. The largest absolute Gasteiger partial charge is 0.490 e. The molecule has 0 radical (unpaired) electrons. The van der Waals surface area contributed by atoms with Crippen molar-refractivity contribution in [2.75, 3.05) is 24.7 Å². The van der Waals surface area contributed by atoms with Crippen LogP contribution in [-0.2, 0) is 9.59 Å². The van der Waals surface area contributed by atoms with Crippen molar-refractivity contribution in [2.45, 2.75) is 13.8 Å². The summed E-state index contributed by atoms with van der Waals surface area (Å²) in [7, 11) is 0. The Morgan fingerprint density at radius 1 is 0.947 bits per heavy atom. The summed E-state index contributed by atoms with van der Waals surface area (Å²) in [5.41, 5.74) is 1.65. The summed E-state index contributed by atoms with van der Waals surface area (Å²) in [6.45, 7) is 4.63. The average Bonchev–Trinajstić information content (AvgIpc) is 2.88.